The minimum atomic E-state index is 1.19. The van der Waals surface area contributed by atoms with Gasteiger partial charge in [-0.2, -0.15) is 11.8 Å². The van der Waals surface area contributed by atoms with E-state index in [2.05, 4.69) is 32.6 Å². The third-order valence-electron chi connectivity index (χ3n) is 1.55. The van der Waals surface area contributed by atoms with Crippen molar-refractivity contribution in [3.05, 3.63) is 17.4 Å². The zero-order valence-corrected chi connectivity index (χ0v) is 9.41. The van der Waals surface area contributed by atoms with Crippen LogP contribution in [0.2, 0.25) is 0 Å². The highest BCUT2D eigenvalue weighted by atomic mass is 32.2. The van der Waals surface area contributed by atoms with Gasteiger partial charge in [-0.25, -0.2) is 0 Å². The molecule has 1 radical (unpaired) electrons. The second-order valence-corrected chi connectivity index (χ2v) is 4.30. The number of allylic oxidation sites excluding steroid dienone is 2. The Morgan fingerprint density at radius 3 is 2.58 bits per heavy atom. The van der Waals surface area contributed by atoms with E-state index in [-0.39, 0.29) is 0 Å². The normalized spacial score (nSPS) is 9.92. The Kier molecular flexibility index (Phi) is 9.25. The van der Waals surface area contributed by atoms with Gasteiger partial charge in [0, 0.05) is 5.75 Å². The van der Waals surface area contributed by atoms with Gasteiger partial charge in [-0.3, -0.25) is 0 Å². The van der Waals surface area contributed by atoms with Crippen LogP contribution in [-0.4, -0.2) is 5.75 Å². The van der Waals surface area contributed by atoms with E-state index in [9.17, 15) is 0 Å². The molecule has 0 saturated heterocycles. The molecule has 0 fully saturated rings. The molecule has 0 aliphatic carbocycles. The molecule has 1 heteroatoms. The van der Waals surface area contributed by atoms with E-state index in [1.54, 1.807) is 0 Å². The van der Waals surface area contributed by atoms with Crippen molar-refractivity contribution in [2.24, 2.45) is 0 Å². The first-order valence-electron chi connectivity index (χ1n) is 4.84. The second-order valence-electron chi connectivity index (χ2n) is 3.22. The Morgan fingerprint density at radius 1 is 1.25 bits per heavy atom. The minimum absolute atomic E-state index is 1.19. The third kappa shape index (κ3) is 10.1. The third-order valence-corrected chi connectivity index (χ3v) is 2.65. The van der Waals surface area contributed by atoms with Gasteiger partial charge in [0.05, 0.1) is 0 Å². The fraction of sp³-hybridized carbons (Fsp3) is 0.727. The molecule has 0 rings (SSSR count). The van der Waals surface area contributed by atoms with Crippen molar-refractivity contribution < 1.29 is 0 Å². The molecular formula is C11H21S. The first kappa shape index (κ1) is 12.1. The van der Waals surface area contributed by atoms with E-state index in [1.807, 2.05) is 11.8 Å². The molecule has 12 heavy (non-hydrogen) atoms. The maximum atomic E-state index is 2.33. The topological polar surface area (TPSA) is 0 Å². The molecule has 0 aliphatic rings. The van der Waals surface area contributed by atoms with Crippen LogP contribution in [-0.2, 0) is 0 Å². The van der Waals surface area contributed by atoms with Crippen molar-refractivity contribution in [3.63, 3.8) is 0 Å². The lowest BCUT2D eigenvalue weighted by Crippen LogP contribution is -1.79. The highest BCUT2D eigenvalue weighted by Crippen LogP contribution is 2.11. The molecule has 0 amide bonds. The number of unbranched alkanes of at least 4 members (excludes halogenated alkanes) is 2. The van der Waals surface area contributed by atoms with Crippen LogP contribution in [0, 0.1) is 5.75 Å². The molecule has 0 aromatic rings. The number of hydrogen-bond donors (Lipinski definition) is 0. The fourth-order valence-electron chi connectivity index (χ4n) is 0.922. The summed E-state index contributed by atoms with van der Waals surface area (Å²) in [6, 6.07) is 0. The molecular weight excluding hydrogens is 164 g/mol. The Balaban J connectivity index is 2.96. The largest absolute Gasteiger partial charge is 0.157 e. The molecule has 0 nitrogen and oxygen atoms in total. The van der Waals surface area contributed by atoms with Crippen LogP contribution in [0.4, 0.5) is 0 Å². The summed E-state index contributed by atoms with van der Waals surface area (Å²) >= 11 is 1.97. The van der Waals surface area contributed by atoms with Gasteiger partial charge in [-0.15, -0.1) is 0 Å². The summed E-state index contributed by atoms with van der Waals surface area (Å²) in [5.74, 6) is 3.59. The first-order chi connectivity index (χ1) is 5.77. The van der Waals surface area contributed by atoms with Crippen LogP contribution in [0.3, 0.4) is 0 Å². The Hall–Kier alpha value is 0.0900. The van der Waals surface area contributed by atoms with E-state index in [1.165, 1.54) is 37.0 Å². The predicted molar refractivity (Wildman–Crippen MR) is 60.3 cm³/mol. The van der Waals surface area contributed by atoms with Gasteiger partial charge in [-0.1, -0.05) is 18.6 Å². The maximum absolute atomic E-state index is 2.33. The van der Waals surface area contributed by atoms with Crippen LogP contribution < -0.4 is 0 Å². The number of thioether (sulfide) groups is 1. The van der Waals surface area contributed by atoms with E-state index in [4.69, 9.17) is 0 Å². The summed E-state index contributed by atoms with van der Waals surface area (Å²) in [4.78, 5) is 0. The molecule has 0 bridgehead atoms. The molecule has 0 saturated carbocycles. The van der Waals surface area contributed by atoms with Crippen LogP contribution in [0.15, 0.2) is 11.6 Å². The molecule has 0 unspecified atom stereocenters. The van der Waals surface area contributed by atoms with Gasteiger partial charge >= 0.3 is 0 Å². The van der Waals surface area contributed by atoms with Crippen molar-refractivity contribution in [1.82, 2.24) is 0 Å². The monoisotopic (exact) mass is 185 g/mol. The molecule has 0 heterocycles. The van der Waals surface area contributed by atoms with Crippen LogP contribution in [0.1, 0.15) is 46.5 Å². The standard InChI is InChI=1S/C11H21S/c1-4-9-12-10-7-5-6-8-11(2)3/h8-9H,4-7,10H2,1-3H3. The van der Waals surface area contributed by atoms with Gasteiger partial charge in [0.15, 0.2) is 0 Å². The van der Waals surface area contributed by atoms with Crippen molar-refractivity contribution in [3.8, 4) is 0 Å². The van der Waals surface area contributed by atoms with E-state index in [0.717, 1.165) is 0 Å². The van der Waals surface area contributed by atoms with E-state index < -0.39 is 0 Å². The van der Waals surface area contributed by atoms with Crippen molar-refractivity contribution in [1.29, 1.82) is 0 Å². The molecule has 0 spiro atoms. The quantitative estimate of drug-likeness (QED) is 0.418. The van der Waals surface area contributed by atoms with Gasteiger partial charge < -0.3 is 0 Å². The lowest BCUT2D eigenvalue weighted by atomic mass is 10.2. The lowest BCUT2D eigenvalue weighted by molar-refractivity contribution is 0.819. The van der Waals surface area contributed by atoms with E-state index in [0.29, 0.717) is 0 Å². The van der Waals surface area contributed by atoms with Crippen molar-refractivity contribution in [2.45, 2.75) is 46.5 Å². The minimum Gasteiger partial charge on any atom is -0.157 e. The summed E-state index contributed by atoms with van der Waals surface area (Å²) in [6.45, 7) is 6.52. The predicted octanol–water partition coefficient (Wildman–Crippen LogP) is 4.43. The smallest absolute Gasteiger partial charge is 0.0163 e. The second kappa shape index (κ2) is 9.18. The van der Waals surface area contributed by atoms with Crippen LogP contribution >= 0.6 is 11.8 Å². The van der Waals surface area contributed by atoms with Crippen molar-refractivity contribution in [2.75, 3.05) is 5.75 Å². The maximum Gasteiger partial charge on any atom is 0.0163 e. The summed E-state index contributed by atoms with van der Waals surface area (Å²) in [5.41, 5.74) is 1.45. The first-order valence-corrected chi connectivity index (χ1v) is 5.89. The Morgan fingerprint density at radius 2 is 2.00 bits per heavy atom. The highest BCUT2D eigenvalue weighted by Gasteiger charge is 1.88. The van der Waals surface area contributed by atoms with Crippen molar-refractivity contribution >= 4 is 11.8 Å². The zero-order chi connectivity index (χ0) is 9.23. The summed E-state index contributed by atoms with van der Waals surface area (Å²) in [6.07, 6.45) is 7.47. The average Bonchev–Trinajstić information content (AvgIpc) is 2.02. The summed E-state index contributed by atoms with van der Waals surface area (Å²) in [5, 5.41) is 0. The molecule has 0 N–H and O–H groups in total. The number of rotatable bonds is 7. The molecule has 0 aromatic heterocycles. The molecule has 0 atom stereocenters. The molecule has 0 aliphatic heterocycles. The van der Waals surface area contributed by atoms with Crippen LogP contribution in [0.5, 0.6) is 0 Å². The summed E-state index contributed by atoms with van der Waals surface area (Å²) in [7, 11) is 0. The van der Waals surface area contributed by atoms with Crippen LogP contribution in [0.25, 0.3) is 0 Å². The SMILES string of the molecule is CC[CH]SCCCCC=C(C)C. The average molecular weight is 185 g/mol. The van der Waals surface area contributed by atoms with E-state index >= 15 is 0 Å². The summed E-state index contributed by atoms with van der Waals surface area (Å²) < 4.78 is 0. The number of hydrogen-bond acceptors (Lipinski definition) is 1. The Bertz CT molecular complexity index is 112. The van der Waals surface area contributed by atoms with Gasteiger partial charge in [0.25, 0.3) is 0 Å². The molecule has 71 valence electrons. The fourth-order valence-corrected chi connectivity index (χ4v) is 1.69. The zero-order valence-electron chi connectivity index (χ0n) is 8.60. The van der Waals surface area contributed by atoms with Gasteiger partial charge in [-0.05, 0) is 45.3 Å². The Labute approximate surface area is 81.8 Å². The molecule has 0 aromatic carbocycles. The van der Waals surface area contributed by atoms with Gasteiger partial charge in [0.1, 0.15) is 0 Å². The van der Waals surface area contributed by atoms with Gasteiger partial charge in [0.2, 0.25) is 0 Å². The lowest BCUT2D eigenvalue weighted by Gasteiger charge is -1.97. The highest BCUT2D eigenvalue weighted by molar-refractivity contribution is 8.01.